The van der Waals surface area contributed by atoms with Gasteiger partial charge in [-0.1, -0.05) is 32.6 Å². The van der Waals surface area contributed by atoms with Gasteiger partial charge in [-0.15, -0.1) is 0 Å². The largest absolute Gasteiger partial charge is 0.0654 e. The molecule has 0 nitrogen and oxygen atoms in total. The summed E-state index contributed by atoms with van der Waals surface area (Å²) in [4.78, 5) is 0. The number of fused-ring (bicyclic) bond motifs is 1. The predicted molar refractivity (Wildman–Crippen MR) is 48.5 cm³/mol. The maximum absolute atomic E-state index is 2.30. The van der Waals surface area contributed by atoms with Crippen LogP contribution in [0.5, 0.6) is 0 Å². The van der Waals surface area contributed by atoms with E-state index in [1.165, 1.54) is 37.0 Å². The summed E-state index contributed by atoms with van der Waals surface area (Å²) in [5, 5.41) is 0. The molecule has 0 saturated heterocycles. The molecule has 0 aromatic carbocycles. The Hall–Kier alpha value is 0. The minimum atomic E-state index is 1.19. The van der Waals surface area contributed by atoms with Crippen LogP contribution in [0.3, 0.4) is 0 Å². The zero-order valence-electron chi connectivity index (χ0n) is 7.68. The van der Waals surface area contributed by atoms with Gasteiger partial charge in [0.2, 0.25) is 0 Å². The third kappa shape index (κ3) is 1.45. The Morgan fingerprint density at radius 3 is 2.45 bits per heavy atom. The fourth-order valence-electron chi connectivity index (χ4n) is 3.03. The molecule has 2 fully saturated rings. The van der Waals surface area contributed by atoms with E-state index in [1.54, 1.807) is 25.7 Å². The van der Waals surface area contributed by atoms with Crippen molar-refractivity contribution in [2.24, 2.45) is 17.8 Å². The molecule has 0 amide bonds. The molecule has 0 heterocycles. The highest BCUT2D eigenvalue weighted by Crippen LogP contribution is 2.59. The van der Waals surface area contributed by atoms with Crippen LogP contribution in [0.2, 0.25) is 0 Å². The van der Waals surface area contributed by atoms with Crippen molar-refractivity contribution in [2.45, 2.75) is 51.9 Å². The second-order valence-electron chi connectivity index (χ2n) is 4.42. The van der Waals surface area contributed by atoms with Crippen LogP contribution in [-0.4, -0.2) is 0 Å². The quantitative estimate of drug-likeness (QED) is 0.540. The van der Waals surface area contributed by atoms with Crippen LogP contribution in [0.15, 0.2) is 0 Å². The van der Waals surface area contributed by atoms with Gasteiger partial charge in [0.15, 0.2) is 0 Å². The summed E-state index contributed by atoms with van der Waals surface area (Å²) >= 11 is 0. The molecule has 0 aromatic heterocycles. The van der Waals surface area contributed by atoms with E-state index in [-0.39, 0.29) is 0 Å². The van der Waals surface area contributed by atoms with Crippen LogP contribution < -0.4 is 0 Å². The van der Waals surface area contributed by atoms with Crippen LogP contribution in [0.1, 0.15) is 51.9 Å². The lowest BCUT2D eigenvalue weighted by molar-refractivity contribution is 0.519. The van der Waals surface area contributed by atoms with E-state index in [0.29, 0.717) is 0 Å². The Morgan fingerprint density at radius 1 is 1.09 bits per heavy atom. The smallest absolute Gasteiger partial charge is 0.0352 e. The Balaban J connectivity index is 1.60. The molecule has 2 rings (SSSR count). The van der Waals surface area contributed by atoms with Crippen LogP contribution in [0.25, 0.3) is 0 Å². The summed E-state index contributed by atoms with van der Waals surface area (Å²) in [6, 6.07) is 0. The summed E-state index contributed by atoms with van der Waals surface area (Å²) in [5.74, 6) is 3.59. The molecule has 64 valence electrons. The lowest BCUT2D eigenvalue weighted by Gasteiger charge is -2.00. The molecule has 0 radical (unpaired) electrons. The van der Waals surface area contributed by atoms with E-state index in [0.717, 1.165) is 0 Å². The molecule has 0 aliphatic heterocycles. The van der Waals surface area contributed by atoms with Gasteiger partial charge in [-0.25, -0.2) is 0 Å². The molecule has 2 saturated carbocycles. The fourth-order valence-corrected chi connectivity index (χ4v) is 3.03. The van der Waals surface area contributed by atoms with E-state index in [4.69, 9.17) is 0 Å². The van der Waals surface area contributed by atoms with Gasteiger partial charge >= 0.3 is 0 Å². The van der Waals surface area contributed by atoms with Crippen LogP contribution in [0.4, 0.5) is 0 Å². The molecule has 3 atom stereocenters. The molecule has 0 N–H and O–H groups in total. The summed E-state index contributed by atoms with van der Waals surface area (Å²) in [5.41, 5.74) is 0. The van der Waals surface area contributed by atoms with Crippen LogP contribution in [0, 0.1) is 17.8 Å². The molecule has 1 unspecified atom stereocenters. The highest BCUT2D eigenvalue weighted by Gasteiger charge is 2.51. The van der Waals surface area contributed by atoms with Gasteiger partial charge in [0, 0.05) is 0 Å². The van der Waals surface area contributed by atoms with Gasteiger partial charge in [-0.2, -0.15) is 0 Å². The maximum atomic E-state index is 2.30. The molecule has 0 heteroatoms. The Bertz CT molecular complexity index is 118. The minimum absolute atomic E-state index is 1.19. The Morgan fingerprint density at radius 2 is 1.82 bits per heavy atom. The monoisotopic (exact) mass is 152 g/mol. The van der Waals surface area contributed by atoms with Crippen LogP contribution >= 0.6 is 0 Å². The average Bonchev–Trinajstić information content (AvgIpc) is 2.46. The Kier molecular flexibility index (Phi) is 2.20. The van der Waals surface area contributed by atoms with Crippen LogP contribution in [-0.2, 0) is 0 Å². The van der Waals surface area contributed by atoms with Crippen molar-refractivity contribution in [3.8, 4) is 0 Å². The van der Waals surface area contributed by atoms with Crippen molar-refractivity contribution >= 4 is 0 Å². The van der Waals surface area contributed by atoms with Crippen molar-refractivity contribution in [1.82, 2.24) is 0 Å². The standard InChI is InChI=1S/C11H20/c1-2-3-4-6-9-10-7-5-8-11(9)10/h9-11H,2-8H2,1H3/t9?,10-,11+. The molecular formula is C11H20. The van der Waals surface area contributed by atoms with Crippen molar-refractivity contribution in [3.63, 3.8) is 0 Å². The number of hydrogen-bond acceptors (Lipinski definition) is 0. The average molecular weight is 152 g/mol. The number of rotatable bonds is 4. The molecule has 2 aliphatic rings. The van der Waals surface area contributed by atoms with Gasteiger partial charge in [0.05, 0.1) is 0 Å². The second-order valence-corrected chi connectivity index (χ2v) is 4.42. The highest BCUT2D eigenvalue weighted by atomic mass is 14.6. The molecule has 0 aromatic rings. The number of hydrogen-bond donors (Lipinski definition) is 0. The highest BCUT2D eigenvalue weighted by molar-refractivity contribution is 5.00. The molecule has 0 bridgehead atoms. The van der Waals surface area contributed by atoms with Gasteiger partial charge in [-0.3, -0.25) is 0 Å². The topological polar surface area (TPSA) is 0 Å². The Labute approximate surface area is 70.4 Å². The zero-order chi connectivity index (χ0) is 7.68. The maximum Gasteiger partial charge on any atom is -0.0352 e. The zero-order valence-corrected chi connectivity index (χ0v) is 7.68. The summed E-state index contributed by atoms with van der Waals surface area (Å²) in [7, 11) is 0. The molecular weight excluding hydrogens is 132 g/mol. The van der Waals surface area contributed by atoms with E-state index in [1.807, 2.05) is 0 Å². The van der Waals surface area contributed by atoms with E-state index in [9.17, 15) is 0 Å². The first-order valence-corrected chi connectivity index (χ1v) is 5.43. The SMILES string of the molecule is CCCCCC1[C@H]2CCC[C@@H]12. The van der Waals surface area contributed by atoms with Gasteiger partial charge in [0.1, 0.15) is 0 Å². The second kappa shape index (κ2) is 3.16. The lowest BCUT2D eigenvalue weighted by Crippen LogP contribution is -1.87. The first-order chi connectivity index (χ1) is 5.43. The van der Waals surface area contributed by atoms with Gasteiger partial charge in [-0.05, 0) is 37.0 Å². The van der Waals surface area contributed by atoms with E-state index in [2.05, 4.69) is 6.92 Å². The first kappa shape index (κ1) is 7.64. The summed E-state index contributed by atoms with van der Waals surface area (Å²) in [6.45, 7) is 2.30. The summed E-state index contributed by atoms with van der Waals surface area (Å²) in [6.07, 6.45) is 10.6. The van der Waals surface area contributed by atoms with Crippen molar-refractivity contribution in [1.29, 1.82) is 0 Å². The first-order valence-electron chi connectivity index (χ1n) is 5.43. The molecule has 0 spiro atoms. The van der Waals surface area contributed by atoms with Crippen molar-refractivity contribution in [3.05, 3.63) is 0 Å². The summed E-state index contributed by atoms with van der Waals surface area (Å²) < 4.78 is 0. The van der Waals surface area contributed by atoms with Crippen molar-refractivity contribution < 1.29 is 0 Å². The third-order valence-electron chi connectivity index (χ3n) is 3.72. The third-order valence-corrected chi connectivity index (χ3v) is 3.72. The van der Waals surface area contributed by atoms with Gasteiger partial charge < -0.3 is 0 Å². The predicted octanol–water partition coefficient (Wildman–Crippen LogP) is 3.61. The van der Waals surface area contributed by atoms with Crippen molar-refractivity contribution in [2.75, 3.05) is 0 Å². The van der Waals surface area contributed by atoms with Gasteiger partial charge in [0.25, 0.3) is 0 Å². The van der Waals surface area contributed by atoms with E-state index >= 15 is 0 Å². The fraction of sp³-hybridized carbons (Fsp3) is 1.00. The molecule has 11 heavy (non-hydrogen) atoms. The minimum Gasteiger partial charge on any atom is -0.0654 e. The van der Waals surface area contributed by atoms with E-state index < -0.39 is 0 Å². The number of unbranched alkanes of at least 4 members (excludes halogenated alkanes) is 2. The molecule has 2 aliphatic carbocycles. The normalized spacial score (nSPS) is 40.6. The lowest BCUT2D eigenvalue weighted by atomic mass is 10.1.